The average molecular weight is 408 g/mol. The fraction of sp³-hybridized carbons (Fsp3) is 0.375. The topological polar surface area (TPSA) is 32.5 Å². The van der Waals surface area contributed by atoms with Crippen LogP contribution in [0.3, 0.4) is 0 Å². The predicted octanol–water partition coefficient (Wildman–Crippen LogP) is 4.74. The second kappa shape index (κ2) is 7.60. The van der Waals surface area contributed by atoms with Crippen LogP contribution in [0.4, 0.5) is 0 Å². The van der Waals surface area contributed by atoms with Crippen molar-refractivity contribution in [1.29, 1.82) is 0 Å². The Bertz CT molecular complexity index is 963. The van der Waals surface area contributed by atoms with E-state index in [1.54, 1.807) is 0 Å². The molecule has 150 valence electrons. The molecule has 29 heavy (non-hydrogen) atoms. The van der Waals surface area contributed by atoms with E-state index in [0.29, 0.717) is 5.92 Å². The molecule has 0 aliphatic carbocycles. The molecule has 1 atom stereocenters. The molecule has 2 fully saturated rings. The molecule has 0 N–H and O–H groups in total. The molecule has 1 aromatic heterocycles. The Morgan fingerprint density at radius 1 is 0.966 bits per heavy atom. The zero-order chi connectivity index (χ0) is 19.8. The molecule has 2 aliphatic heterocycles. The van der Waals surface area contributed by atoms with Crippen LogP contribution >= 0.6 is 11.6 Å². The van der Waals surface area contributed by atoms with E-state index in [9.17, 15) is 0 Å². The molecule has 5 rings (SSSR count). The summed E-state index contributed by atoms with van der Waals surface area (Å²) >= 11 is 6.03. The van der Waals surface area contributed by atoms with E-state index < -0.39 is 0 Å². The first kappa shape index (κ1) is 18.9. The molecule has 5 heteroatoms. The van der Waals surface area contributed by atoms with Crippen LogP contribution in [0.15, 0.2) is 65.2 Å². The van der Waals surface area contributed by atoms with Crippen LogP contribution in [0, 0.1) is 12.3 Å². The normalized spacial score (nSPS) is 21.5. The monoisotopic (exact) mass is 407 g/mol. The Labute approximate surface area is 177 Å². The maximum atomic E-state index is 6.03. The lowest BCUT2D eigenvalue weighted by Gasteiger charge is -2.50. The summed E-state index contributed by atoms with van der Waals surface area (Å²) in [6.45, 7) is 8.17. The molecule has 1 unspecified atom stereocenters. The second-order valence-corrected chi connectivity index (χ2v) is 9.09. The molecule has 3 heterocycles. The van der Waals surface area contributed by atoms with Gasteiger partial charge < -0.3 is 4.42 Å². The van der Waals surface area contributed by atoms with Crippen molar-refractivity contribution in [1.82, 2.24) is 14.8 Å². The standard InChI is InChI=1S/C24H26ClN3O/c1-18-11-26-23(29-18)22-14-27(12-19-5-3-2-4-6-19)15-24(22)16-28(17-24)13-20-7-9-21(25)10-8-20/h2-11,22H,12-17H2,1H3. The van der Waals surface area contributed by atoms with Gasteiger partial charge in [-0.05, 0) is 30.2 Å². The minimum atomic E-state index is 0.221. The van der Waals surface area contributed by atoms with E-state index in [4.69, 9.17) is 16.0 Å². The largest absolute Gasteiger partial charge is 0.446 e. The Morgan fingerprint density at radius 3 is 2.31 bits per heavy atom. The van der Waals surface area contributed by atoms with Gasteiger partial charge in [0.1, 0.15) is 5.76 Å². The highest BCUT2D eigenvalue weighted by molar-refractivity contribution is 6.30. The maximum absolute atomic E-state index is 6.03. The lowest BCUT2D eigenvalue weighted by Crippen LogP contribution is -2.59. The van der Waals surface area contributed by atoms with E-state index in [0.717, 1.165) is 55.9 Å². The molecular weight excluding hydrogens is 382 g/mol. The summed E-state index contributed by atoms with van der Waals surface area (Å²) in [4.78, 5) is 9.70. The molecule has 0 amide bonds. The van der Waals surface area contributed by atoms with E-state index in [1.807, 2.05) is 25.3 Å². The zero-order valence-corrected chi connectivity index (χ0v) is 17.5. The van der Waals surface area contributed by atoms with Crippen molar-refractivity contribution in [2.75, 3.05) is 26.2 Å². The van der Waals surface area contributed by atoms with Gasteiger partial charge in [-0.15, -0.1) is 0 Å². The van der Waals surface area contributed by atoms with Crippen molar-refractivity contribution in [3.63, 3.8) is 0 Å². The van der Waals surface area contributed by atoms with Gasteiger partial charge >= 0.3 is 0 Å². The number of aryl methyl sites for hydroxylation is 1. The second-order valence-electron chi connectivity index (χ2n) is 8.65. The molecule has 2 aliphatic rings. The van der Waals surface area contributed by atoms with Crippen molar-refractivity contribution in [2.45, 2.75) is 25.9 Å². The van der Waals surface area contributed by atoms with E-state index in [1.165, 1.54) is 11.1 Å². The fourth-order valence-corrected chi connectivity index (χ4v) is 5.16. The van der Waals surface area contributed by atoms with Gasteiger partial charge in [-0.1, -0.05) is 54.1 Å². The Balaban J connectivity index is 1.31. The van der Waals surface area contributed by atoms with Crippen LogP contribution in [0.1, 0.15) is 28.7 Å². The quantitative estimate of drug-likeness (QED) is 0.611. The highest BCUT2D eigenvalue weighted by Crippen LogP contribution is 2.49. The highest BCUT2D eigenvalue weighted by atomic mass is 35.5. The number of nitrogens with zero attached hydrogens (tertiary/aromatic N) is 3. The van der Waals surface area contributed by atoms with Crippen LogP contribution < -0.4 is 0 Å². The van der Waals surface area contributed by atoms with Crippen molar-refractivity contribution in [2.24, 2.45) is 5.41 Å². The average Bonchev–Trinajstić information content (AvgIpc) is 3.28. The van der Waals surface area contributed by atoms with E-state index >= 15 is 0 Å². The molecule has 0 bridgehead atoms. The molecule has 3 aromatic rings. The number of benzene rings is 2. The van der Waals surface area contributed by atoms with E-state index in [-0.39, 0.29) is 5.41 Å². The van der Waals surface area contributed by atoms with Gasteiger partial charge in [-0.2, -0.15) is 0 Å². The third kappa shape index (κ3) is 3.85. The third-order valence-corrected chi connectivity index (χ3v) is 6.55. The SMILES string of the molecule is Cc1cnc(C2CN(Cc3ccccc3)CC23CN(Cc2ccc(Cl)cc2)C3)o1. The minimum absolute atomic E-state index is 0.221. The summed E-state index contributed by atoms with van der Waals surface area (Å²) in [5, 5.41) is 0.792. The van der Waals surface area contributed by atoms with Gasteiger partial charge in [0.25, 0.3) is 0 Å². The maximum Gasteiger partial charge on any atom is 0.199 e. The summed E-state index contributed by atoms with van der Waals surface area (Å²) in [7, 11) is 0. The predicted molar refractivity (Wildman–Crippen MR) is 115 cm³/mol. The number of hydrogen-bond donors (Lipinski definition) is 0. The molecule has 1 spiro atoms. The minimum Gasteiger partial charge on any atom is -0.446 e. The molecule has 2 aromatic carbocycles. The number of halogens is 1. The van der Waals surface area contributed by atoms with Gasteiger partial charge in [-0.3, -0.25) is 9.80 Å². The van der Waals surface area contributed by atoms with Gasteiger partial charge in [0.05, 0.1) is 12.1 Å². The Hall–Kier alpha value is -2.14. The molecule has 4 nitrogen and oxygen atoms in total. The Morgan fingerprint density at radius 2 is 1.62 bits per heavy atom. The summed E-state index contributed by atoms with van der Waals surface area (Å²) in [6, 6.07) is 18.9. The van der Waals surface area contributed by atoms with Gasteiger partial charge in [0.15, 0.2) is 5.89 Å². The Kier molecular flexibility index (Phi) is 4.94. The van der Waals surface area contributed by atoms with Crippen molar-refractivity contribution in [3.05, 3.63) is 88.6 Å². The van der Waals surface area contributed by atoms with E-state index in [2.05, 4.69) is 57.2 Å². The van der Waals surface area contributed by atoms with Crippen LogP contribution in [0.5, 0.6) is 0 Å². The molecule has 2 saturated heterocycles. The van der Waals surface area contributed by atoms with Crippen LogP contribution in [-0.4, -0.2) is 41.0 Å². The number of likely N-dealkylation sites (tertiary alicyclic amines) is 2. The van der Waals surface area contributed by atoms with Crippen LogP contribution in [0.2, 0.25) is 5.02 Å². The summed E-state index contributed by atoms with van der Waals surface area (Å²) in [6.07, 6.45) is 1.85. The highest BCUT2D eigenvalue weighted by Gasteiger charge is 2.55. The lowest BCUT2D eigenvalue weighted by atomic mass is 9.71. The lowest BCUT2D eigenvalue weighted by molar-refractivity contribution is -0.0142. The van der Waals surface area contributed by atoms with Crippen molar-refractivity contribution in [3.8, 4) is 0 Å². The summed E-state index contributed by atoms with van der Waals surface area (Å²) in [5.74, 6) is 2.15. The molecular formula is C24H26ClN3O. The first-order chi connectivity index (χ1) is 14.1. The molecule has 0 saturated carbocycles. The van der Waals surface area contributed by atoms with Crippen molar-refractivity contribution >= 4 is 11.6 Å². The number of hydrogen-bond acceptors (Lipinski definition) is 4. The zero-order valence-electron chi connectivity index (χ0n) is 16.7. The number of rotatable bonds is 5. The van der Waals surface area contributed by atoms with Gasteiger partial charge in [0.2, 0.25) is 0 Å². The third-order valence-electron chi connectivity index (χ3n) is 6.30. The van der Waals surface area contributed by atoms with Gasteiger partial charge in [-0.25, -0.2) is 4.98 Å². The first-order valence-electron chi connectivity index (χ1n) is 10.3. The first-order valence-corrected chi connectivity index (χ1v) is 10.6. The summed E-state index contributed by atoms with van der Waals surface area (Å²) in [5.41, 5.74) is 2.90. The summed E-state index contributed by atoms with van der Waals surface area (Å²) < 4.78 is 5.99. The smallest absolute Gasteiger partial charge is 0.199 e. The molecule has 0 radical (unpaired) electrons. The van der Waals surface area contributed by atoms with Crippen LogP contribution in [0.25, 0.3) is 0 Å². The number of oxazole rings is 1. The van der Waals surface area contributed by atoms with Crippen molar-refractivity contribution < 1.29 is 4.42 Å². The van der Waals surface area contributed by atoms with Gasteiger partial charge in [0, 0.05) is 49.7 Å². The fourth-order valence-electron chi connectivity index (χ4n) is 5.03. The van der Waals surface area contributed by atoms with Crippen LogP contribution in [-0.2, 0) is 13.1 Å². The number of aromatic nitrogens is 1.